The Hall–Kier alpha value is -2.54. The van der Waals surface area contributed by atoms with Gasteiger partial charge in [-0.15, -0.1) is 0 Å². The van der Waals surface area contributed by atoms with Crippen LogP contribution in [0, 0.1) is 5.82 Å². The third-order valence-electron chi connectivity index (χ3n) is 3.48. The zero-order chi connectivity index (χ0) is 16.6. The van der Waals surface area contributed by atoms with Crippen molar-refractivity contribution in [3.05, 3.63) is 59.7 Å². The summed E-state index contributed by atoms with van der Waals surface area (Å²) >= 11 is 0. The smallest absolute Gasteiger partial charge is 0.339 e. The molecule has 0 radical (unpaired) electrons. The van der Waals surface area contributed by atoms with Crippen molar-refractivity contribution in [2.75, 3.05) is 12.9 Å². The van der Waals surface area contributed by atoms with Gasteiger partial charge < -0.3 is 4.74 Å². The quantitative estimate of drug-likeness (QED) is 0.804. The van der Waals surface area contributed by atoms with Gasteiger partial charge >= 0.3 is 5.97 Å². The molecule has 1 aromatic heterocycles. The molecular weight excluding hydrogens is 321 g/mol. The average Bonchev–Trinajstić information content (AvgIpc) is 2.88. The standard InChI is InChI=1S/C16H12FNO4S/c1-23(20,21)14-5-4-10(7-13(14)17)12-9-22-16(19)15(12)11-3-2-6-18-8-11/h2-8H,9H2,1H3. The highest BCUT2D eigenvalue weighted by Gasteiger charge is 2.28. The first kappa shape index (κ1) is 15.4. The van der Waals surface area contributed by atoms with E-state index in [4.69, 9.17) is 4.74 Å². The first-order valence-electron chi connectivity index (χ1n) is 6.68. The van der Waals surface area contributed by atoms with E-state index in [9.17, 15) is 17.6 Å². The molecule has 0 bridgehead atoms. The maximum atomic E-state index is 14.1. The number of benzene rings is 1. The van der Waals surface area contributed by atoms with Gasteiger partial charge in [-0.25, -0.2) is 17.6 Å². The number of ether oxygens (including phenoxy) is 1. The molecule has 3 rings (SSSR count). The Balaban J connectivity index is 2.15. The summed E-state index contributed by atoms with van der Waals surface area (Å²) in [7, 11) is -3.65. The number of sulfone groups is 1. The van der Waals surface area contributed by atoms with Gasteiger partial charge in [-0.3, -0.25) is 4.98 Å². The normalized spacial score (nSPS) is 15.0. The predicted molar refractivity (Wildman–Crippen MR) is 81.5 cm³/mol. The van der Waals surface area contributed by atoms with Crippen LogP contribution in [-0.2, 0) is 19.4 Å². The molecule has 0 atom stereocenters. The lowest BCUT2D eigenvalue weighted by Crippen LogP contribution is -2.02. The Morgan fingerprint density at radius 2 is 2.00 bits per heavy atom. The van der Waals surface area contributed by atoms with Gasteiger partial charge in [0, 0.05) is 29.8 Å². The van der Waals surface area contributed by atoms with Crippen molar-refractivity contribution in [1.82, 2.24) is 4.98 Å². The molecule has 2 aromatic rings. The van der Waals surface area contributed by atoms with E-state index in [0.29, 0.717) is 22.3 Å². The van der Waals surface area contributed by atoms with Gasteiger partial charge in [0.1, 0.15) is 17.3 Å². The van der Waals surface area contributed by atoms with Crippen LogP contribution in [0.15, 0.2) is 47.6 Å². The van der Waals surface area contributed by atoms with Crippen molar-refractivity contribution in [3.63, 3.8) is 0 Å². The van der Waals surface area contributed by atoms with E-state index in [2.05, 4.69) is 4.98 Å². The highest BCUT2D eigenvalue weighted by molar-refractivity contribution is 7.90. The van der Waals surface area contributed by atoms with Crippen LogP contribution in [0.3, 0.4) is 0 Å². The van der Waals surface area contributed by atoms with E-state index in [-0.39, 0.29) is 11.5 Å². The van der Waals surface area contributed by atoms with Gasteiger partial charge in [-0.05, 0) is 23.8 Å². The largest absolute Gasteiger partial charge is 0.457 e. The predicted octanol–water partition coefficient (Wildman–Crippen LogP) is 2.09. The minimum atomic E-state index is -3.65. The number of halogens is 1. The number of aromatic nitrogens is 1. The lowest BCUT2D eigenvalue weighted by molar-refractivity contribution is -0.133. The van der Waals surface area contributed by atoms with E-state index in [1.807, 2.05) is 0 Å². The topological polar surface area (TPSA) is 73.3 Å². The van der Waals surface area contributed by atoms with Crippen LogP contribution in [-0.4, -0.2) is 32.2 Å². The van der Waals surface area contributed by atoms with Crippen molar-refractivity contribution in [2.45, 2.75) is 4.90 Å². The van der Waals surface area contributed by atoms with Crippen LogP contribution in [0.2, 0.25) is 0 Å². The van der Waals surface area contributed by atoms with Crippen molar-refractivity contribution >= 4 is 27.0 Å². The second kappa shape index (κ2) is 5.58. The van der Waals surface area contributed by atoms with Gasteiger partial charge in [-0.1, -0.05) is 12.1 Å². The van der Waals surface area contributed by atoms with Crippen LogP contribution in [0.4, 0.5) is 4.39 Å². The monoisotopic (exact) mass is 333 g/mol. The maximum absolute atomic E-state index is 14.1. The molecule has 0 aliphatic carbocycles. The number of esters is 1. The molecule has 0 saturated carbocycles. The summed E-state index contributed by atoms with van der Waals surface area (Å²) < 4.78 is 42.1. The molecule has 0 saturated heterocycles. The van der Waals surface area contributed by atoms with Gasteiger partial charge in [0.05, 0.1) is 5.57 Å². The second-order valence-electron chi connectivity index (χ2n) is 5.09. The number of hydrogen-bond donors (Lipinski definition) is 0. The van der Waals surface area contributed by atoms with Gasteiger partial charge in [-0.2, -0.15) is 0 Å². The van der Waals surface area contributed by atoms with Gasteiger partial charge in [0.25, 0.3) is 0 Å². The fraction of sp³-hybridized carbons (Fsp3) is 0.125. The fourth-order valence-corrected chi connectivity index (χ4v) is 3.15. The second-order valence-corrected chi connectivity index (χ2v) is 7.07. The number of carbonyl (C=O) groups excluding carboxylic acids is 1. The van der Waals surface area contributed by atoms with Crippen molar-refractivity contribution < 1.29 is 22.3 Å². The molecular formula is C16H12FNO4S. The molecule has 7 heteroatoms. The van der Waals surface area contributed by atoms with Gasteiger partial charge in [0.2, 0.25) is 0 Å². The molecule has 5 nitrogen and oxygen atoms in total. The van der Waals surface area contributed by atoms with E-state index >= 15 is 0 Å². The molecule has 1 aliphatic rings. The fourth-order valence-electron chi connectivity index (χ4n) is 2.42. The lowest BCUT2D eigenvalue weighted by atomic mass is 9.98. The van der Waals surface area contributed by atoms with Crippen LogP contribution in [0.1, 0.15) is 11.1 Å². The first-order chi connectivity index (χ1) is 10.9. The number of rotatable bonds is 3. The summed E-state index contributed by atoms with van der Waals surface area (Å²) in [6, 6.07) is 7.14. The number of hydrogen-bond acceptors (Lipinski definition) is 5. The Kier molecular flexibility index (Phi) is 3.73. The van der Waals surface area contributed by atoms with E-state index in [1.54, 1.807) is 18.3 Å². The summed E-state index contributed by atoms with van der Waals surface area (Å²) in [5, 5.41) is 0. The molecule has 118 valence electrons. The zero-order valence-electron chi connectivity index (χ0n) is 12.1. The Morgan fingerprint density at radius 3 is 2.61 bits per heavy atom. The summed E-state index contributed by atoms with van der Waals surface area (Å²) in [6.07, 6.45) is 4.03. The highest BCUT2D eigenvalue weighted by Crippen LogP contribution is 2.33. The molecule has 0 N–H and O–H groups in total. The maximum Gasteiger partial charge on any atom is 0.339 e. The highest BCUT2D eigenvalue weighted by atomic mass is 32.2. The van der Waals surface area contributed by atoms with Crippen molar-refractivity contribution in [3.8, 4) is 0 Å². The van der Waals surface area contributed by atoms with E-state index < -0.39 is 21.6 Å². The summed E-state index contributed by atoms with van der Waals surface area (Å²) in [5.74, 6) is -1.37. The Morgan fingerprint density at radius 1 is 1.22 bits per heavy atom. The molecule has 0 unspecified atom stereocenters. The summed E-state index contributed by atoms with van der Waals surface area (Å²) in [6.45, 7) is 0.000717. The van der Waals surface area contributed by atoms with Crippen LogP contribution < -0.4 is 0 Å². The third-order valence-corrected chi connectivity index (χ3v) is 4.61. The molecule has 2 heterocycles. The molecule has 0 fully saturated rings. The SMILES string of the molecule is CS(=O)(=O)c1ccc(C2=C(c3cccnc3)C(=O)OC2)cc1F. The molecule has 0 spiro atoms. The summed E-state index contributed by atoms with van der Waals surface area (Å²) in [5.41, 5.74) is 1.78. The van der Waals surface area contributed by atoms with Crippen LogP contribution >= 0.6 is 0 Å². The molecule has 1 aliphatic heterocycles. The lowest BCUT2D eigenvalue weighted by Gasteiger charge is -2.07. The van der Waals surface area contributed by atoms with Crippen molar-refractivity contribution in [1.29, 1.82) is 0 Å². The molecule has 1 aromatic carbocycles. The van der Waals surface area contributed by atoms with E-state index in [1.165, 1.54) is 18.3 Å². The minimum Gasteiger partial charge on any atom is -0.457 e. The number of carbonyl (C=O) groups is 1. The summed E-state index contributed by atoms with van der Waals surface area (Å²) in [4.78, 5) is 15.6. The average molecular weight is 333 g/mol. The van der Waals surface area contributed by atoms with E-state index in [0.717, 1.165) is 12.3 Å². The molecule has 0 amide bonds. The number of pyridine rings is 1. The minimum absolute atomic E-state index is 0.000717. The van der Waals surface area contributed by atoms with Gasteiger partial charge in [0.15, 0.2) is 9.84 Å². The number of cyclic esters (lactones) is 1. The molecule has 23 heavy (non-hydrogen) atoms. The Labute approximate surface area is 132 Å². The number of nitrogens with zero attached hydrogens (tertiary/aromatic N) is 1. The Bertz CT molecular complexity index is 920. The van der Waals surface area contributed by atoms with Crippen molar-refractivity contribution in [2.24, 2.45) is 0 Å². The van der Waals surface area contributed by atoms with Crippen LogP contribution in [0.25, 0.3) is 11.1 Å². The zero-order valence-corrected chi connectivity index (χ0v) is 12.9. The van der Waals surface area contributed by atoms with Crippen LogP contribution in [0.5, 0.6) is 0 Å². The third kappa shape index (κ3) is 2.87. The first-order valence-corrected chi connectivity index (χ1v) is 8.58.